The highest BCUT2D eigenvalue weighted by atomic mass is 35.5. The number of halogens is 5. The first-order valence-electron chi connectivity index (χ1n) is 12.0. The van der Waals surface area contributed by atoms with Crippen LogP contribution in [0.25, 0.3) is 6.08 Å². The van der Waals surface area contributed by atoms with Crippen molar-refractivity contribution in [1.82, 2.24) is 4.90 Å². The fourth-order valence-corrected chi connectivity index (χ4v) is 5.25. The van der Waals surface area contributed by atoms with Gasteiger partial charge in [-0.2, -0.15) is 13.2 Å². The molecule has 224 valence electrons. The third-order valence-corrected chi connectivity index (χ3v) is 7.35. The van der Waals surface area contributed by atoms with Gasteiger partial charge < -0.3 is 19.9 Å². The van der Waals surface area contributed by atoms with Crippen LogP contribution in [0.5, 0.6) is 11.5 Å². The zero-order valence-corrected chi connectivity index (χ0v) is 24.2. The minimum atomic E-state index is -4.67. The van der Waals surface area contributed by atoms with Crippen molar-refractivity contribution in [3.8, 4) is 11.5 Å². The minimum Gasteiger partial charge on any atom is -0.495 e. The molecule has 0 saturated carbocycles. The molecule has 1 aliphatic rings. The van der Waals surface area contributed by atoms with Gasteiger partial charge in [0.25, 0.3) is 11.1 Å². The van der Waals surface area contributed by atoms with Crippen molar-refractivity contribution in [3.63, 3.8) is 0 Å². The number of carboxylic acids is 1. The van der Waals surface area contributed by atoms with Crippen molar-refractivity contribution >= 4 is 69.8 Å². The van der Waals surface area contributed by atoms with E-state index >= 15 is 0 Å². The number of alkyl halides is 3. The molecule has 2 N–H and O–H groups in total. The summed E-state index contributed by atoms with van der Waals surface area (Å²) in [5, 5.41) is 10.7. The van der Waals surface area contributed by atoms with Gasteiger partial charge in [-0.25, -0.2) is 4.79 Å². The first kappa shape index (κ1) is 31.7. The van der Waals surface area contributed by atoms with Crippen LogP contribution >= 0.6 is 35.0 Å². The van der Waals surface area contributed by atoms with Crippen LogP contribution in [-0.2, 0) is 22.4 Å². The maximum atomic E-state index is 13.1. The fourth-order valence-electron chi connectivity index (χ4n) is 3.80. The first-order chi connectivity index (χ1) is 20.3. The fraction of sp³-hybridized carbons (Fsp3) is 0.143. The number of methoxy groups -OCH3 is 1. The third kappa shape index (κ3) is 7.61. The number of hydrogen-bond donors (Lipinski definition) is 2. The average molecular weight is 655 g/mol. The molecule has 3 aromatic carbocycles. The Bertz CT molecular complexity index is 1620. The van der Waals surface area contributed by atoms with Gasteiger partial charge in [-0.3, -0.25) is 19.3 Å². The summed E-state index contributed by atoms with van der Waals surface area (Å²) in [6.45, 7) is -0.727. The number of amides is 3. The van der Waals surface area contributed by atoms with E-state index in [1.54, 1.807) is 12.1 Å². The molecule has 43 heavy (non-hydrogen) atoms. The molecular formula is C28H19Cl2F3N2O7S. The molecule has 0 radical (unpaired) electrons. The van der Waals surface area contributed by atoms with Gasteiger partial charge in [0.1, 0.15) is 18.9 Å². The molecule has 0 unspecified atom stereocenters. The lowest BCUT2D eigenvalue weighted by Gasteiger charge is -2.16. The first-order valence-corrected chi connectivity index (χ1v) is 13.6. The number of nitrogens with zero attached hydrogens (tertiary/aromatic N) is 1. The number of rotatable bonds is 9. The van der Waals surface area contributed by atoms with Crippen molar-refractivity contribution in [1.29, 1.82) is 0 Å². The largest absolute Gasteiger partial charge is 0.495 e. The van der Waals surface area contributed by atoms with Gasteiger partial charge in [0.2, 0.25) is 5.91 Å². The van der Waals surface area contributed by atoms with Crippen LogP contribution in [0.2, 0.25) is 10.0 Å². The second kappa shape index (κ2) is 13.0. The average Bonchev–Trinajstić information content (AvgIpc) is 3.19. The topological polar surface area (TPSA) is 122 Å². The van der Waals surface area contributed by atoms with Crippen LogP contribution in [0, 0.1) is 0 Å². The van der Waals surface area contributed by atoms with Crippen LogP contribution in [-0.4, -0.2) is 46.7 Å². The summed E-state index contributed by atoms with van der Waals surface area (Å²) in [6, 6.07) is 11.4. The Labute approximate surface area is 256 Å². The molecule has 3 aromatic rings. The molecule has 1 aliphatic heterocycles. The normalized spacial score (nSPS) is 14.3. The second-order valence-corrected chi connectivity index (χ2v) is 10.6. The van der Waals surface area contributed by atoms with Crippen molar-refractivity contribution in [3.05, 3.63) is 91.8 Å². The van der Waals surface area contributed by atoms with Crippen LogP contribution < -0.4 is 14.8 Å². The molecular weight excluding hydrogens is 636 g/mol. The molecule has 0 atom stereocenters. The van der Waals surface area contributed by atoms with Crippen LogP contribution in [0.4, 0.5) is 23.7 Å². The minimum absolute atomic E-state index is 0.0337. The summed E-state index contributed by atoms with van der Waals surface area (Å²) in [5.41, 5.74) is -0.193. The summed E-state index contributed by atoms with van der Waals surface area (Å²) < 4.78 is 50.0. The van der Waals surface area contributed by atoms with E-state index in [4.69, 9.17) is 37.8 Å². The maximum Gasteiger partial charge on any atom is 0.416 e. The number of carboxylic acid groups (broad SMARTS) is 1. The number of anilines is 1. The van der Waals surface area contributed by atoms with Crippen LogP contribution in [0.3, 0.4) is 0 Å². The number of ether oxygens (including phenoxy) is 2. The van der Waals surface area contributed by atoms with Crippen LogP contribution in [0.15, 0.2) is 59.5 Å². The smallest absolute Gasteiger partial charge is 0.416 e. The third-order valence-electron chi connectivity index (χ3n) is 5.88. The predicted octanol–water partition coefficient (Wildman–Crippen LogP) is 6.97. The highest BCUT2D eigenvalue weighted by Gasteiger charge is 2.37. The molecule has 4 rings (SSSR count). The molecule has 1 heterocycles. The van der Waals surface area contributed by atoms with E-state index in [0.717, 1.165) is 12.1 Å². The predicted molar refractivity (Wildman–Crippen MR) is 153 cm³/mol. The van der Waals surface area contributed by atoms with Gasteiger partial charge in [-0.1, -0.05) is 35.3 Å². The Kier molecular flexibility index (Phi) is 9.58. The Morgan fingerprint density at radius 2 is 1.70 bits per heavy atom. The maximum absolute atomic E-state index is 13.1. The van der Waals surface area contributed by atoms with Crippen molar-refractivity contribution in [2.75, 3.05) is 19.0 Å². The quantitative estimate of drug-likeness (QED) is 0.237. The monoisotopic (exact) mass is 654 g/mol. The SMILES string of the molecule is COc1ccc(C(F)(F)F)cc1NC(=O)CN1C(=O)S/C(=C\c2cc(Cl)c(OCc3ccc(C(=O)O)cc3)c(Cl)c2)C1=O. The summed E-state index contributed by atoms with van der Waals surface area (Å²) in [5.74, 6) is -2.71. The zero-order chi connectivity index (χ0) is 31.5. The lowest BCUT2D eigenvalue weighted by Crippen LogP contribution is -2.36. The van der Waals surface area contributed by atoms with Gasteiger partial charge in [-0.05, 0) is 71.4 Å². The highest BCUT2D eigenvalue weighted by Crippen LogP contribution is 2.38. The number of imide groups is 1. The molecule has 0 spiro atoms. The van der Waals surface area contributed by atoms with Gasteiger partial charge in [0.05, 0.1) is 38.9 Å². The van der Waals surface area contributed by atoms with Crippen molar-refractivity contribution in [2.24, 2.45) is 0 Å². The second-order valence-electron chi connectivity index (χ2n) is 8.83. The Hall–Kier alpha value is -4.20. The van der Waals surface area contributed by atoms with E-state index in [-0.39, 0.29) is 44.3 Å². The lowest BCUT2D eigenvalue weighted by molar-refractivity contribution is -0.137. The van der Waals surface area contributed by atoms with Crippen molar-refractivity contribution in [2.45, 2.75) is 12.8 Å². The number of carbonyl (C=O) groups excluding carboxylic acids is 3. The van der Waals surface area contributed by atoms with Gasteiger partial charge >= 0.3 is 12.1 Å². The number of nitrogens with one attached hydrogen (secondary N) is 1. The highest BCUT2D eigenvalue weighted by molar-refractivity contribution is 8.18. The number of thioether (sulfide) groups is 1. The van der Waals surface area contributed by atoms with E-state index in [1.165, 1.54) is 37.5 Å². The summed E-state index contributed by atoms with van der Waals surface area (Å²) >= 11 is 13.2. The molecule has 9 nitrogen and oxygen atoms in total. The Morgan fingerprint density at radius 1 is 1.05 bits per heavy atom. The molecule has 0 bridgehead atoms. The van der Waals surface area contributed by atoms with Crippen molar-refractivity contribution < 1.29 is 46.9 Å². The lowest BCUT2D eigenvalue weighted by atomic mass is 10.1. The number of hydrogen-bond acceptors (Lipinski definition) is 7. The molecule has 1 fully saturated rings. The molecule has 15 heteroatoms. The van der Waals surface area contributed by atoms with E-state index in [1.807, 2.05) is 0 Å². The summed E-state index contributed by atoms with van der Waals surface area (Å²) in [6.07, 6.45) is -3.33. The molecule has 3 amide bonds. The van der Waals surface area contributed by atoms with Crippen LogP contribution in [0.1, 0.15) is 27.0 Å². The van der Waals surface area contributed by atoms with Gasteiger partial charge in [0.15, 0.2) is 5.75 Å². The number of carbonyl (C=O) groups is 4. The van der Waals surface area contributed by atoms with Gasteiger partial charge in [0, 0.05) is 0 Å². The standard InChI is InChI=1S/C28H19Cl2F3N2O7S/c1-41-21-7-6-17(28(31,32)33)11-20(21)34-23(36)12-35-25(37)22(43-27(35)40)10-15-8-18(29)24(19(30)9-15)42-13-14-2-4-16(5-3-14)26(38)39/h2-11H,12-13H2,1H3,(H,34,36)(H,38,39)/b22-10-. The molecule has 0 aliphatic carbocycles. The van der Waals surface area contributed by atoms with E-state index in [2.05, 4.69) is 5.32 Å². The zero-order valence-electron chi connectivity index (χ0n) is 21.8. The van der Waals surface area contributed by atoms with E-state index in [9.17, 15) is 32.3 Å². The Balaban J connectivity index is 1.44. The Morgan fingerprint density at radius 3 is 2.28 bits per heavy atom. The summed E-state index contributed by atoms with van der Waals surface area (Å²) in [4.78, 5) is 49.6. The van der Waals surface area contributed by atoms with E-state index < -0.39 is 41.3 Å². The number of benzene rings is 3. The summed E-state index contributed by atoms with van der Waals surface area (Å²) in [7, 11) is 1.21. The number of aromatic carboxylic acids is 1. The molecule has 0 aromatic heterocycles. The molecule has 1 saturated heterocycles. The van der Waals surface area contributed by atoms with E-state index in [0.29, 0.717) is 33.9 Å². The van der Waals surface area contributed by atoms with Gasteiger partial charge in [-0.15, -0.1) is 0 Å².